The van der Waals surface area contributed by atoms with Gasteiger partial charge in [0, 0.05) is 16.6 Å². The Balaban J connectivity index is 1.37. The van der Waals surface area contributed by atoms with Crippen molar-refractivity contribution in [3.8, 4) is 0 Å². The van der Waals surface area contributed by atoms with E-state index in [-0.39, 0.29) is 11.8 Å². The van der Waals surface area contributed by atoms with Crippen molar-refractivity contribution in [2.24, 2.45) is 29.6 Å². The van der Waals surface area contributed by atoms with Crippen molar-refractivity contribution in [3.05, 3.63) is 29.3 Å². The van der Waals surface area contributed by atoms with E-state index in [0.29, 0.717) is 28.7 Å². The number of halogens is 3. The lowest BCUT2D eigenvalue weighted by molar-refractivity contribution is -0.117. The number of rotatable bonds is 2. The Bertz CT molecular complexity index is 578. The van der Waals surface area contributed by atoms with Gasteiger partial charge in [0.25, 0.3) is 0 Å². The number of hydrogen-bond donors (Lipinski definition) is 1. The second-order valence-corrected chi connectivity index (χ2v) is 8.77. The third-order valence-corrected chi connectivity index (χ3v) is 7.11. The minimum Gasteiger partial charge on any atom is -0.326 e. The van der Waals surface area contributed by atoms with Crippen LogP contribution in [0.5, 0.6) is 0 Å². The number of carbonyl (C=O) groups is 1. The molecular weight excluding hydrogens is 341 g/mol. The lowest BCUT2D eigenvalue weighted by Crippen LogP contribution is -2.15. The Labute approximate surface area is 145 Å². The quantitative estimate of drug-likeness (QED) is 0.729. The number of alkyl halides is 2. The van der Waals surface area contributed by atoms with Crippen LogP contribution in [0.1, 0.15) is 25.7 Å². The van der Waals surface area contributed by atoms with Gasteiger partial charge in [-0.1, -0.05) is 11.6 Å². The van der Waals surface area contributed by atoms with E-state index < -0.39 is 4.33 Å². The molecule has 0 heterocycles. The van der Waals surface area contributed by atoms with Gasteiger partial charge in [-0.3, -0.25) is 4.79 Å². The van der Waals surface area contributed by atoms with Crippen LogP contribution in [0.25, 0.3) is 0 Å². The number of fused-ring (bicyclic) bond motifs is 2. The standard InChI is InChI=1S/C17H18Cl3NO/c18-9-1-3-10(4-2-9)21-16(22)15-11-5-7-13-14(17(13,19)20)8-6-12(11)15/h1-4,11-15H,5-8H2,(H,21,22)/t11-,12-,13-,14+,15?/m1/s1. The molecule has 3 aliphatic carbocycles. The van der Waals surface area contributed by atoms with Crippen molar-refractivity contribution < 1.29 is 4.79 Å². The highest BCUT2D eigenvalue weighted by molar-refractivity contribution is 6.51. The van der Waals surface area contributed by atoms with Gasteiger partial charge in [-0.05, 0) is 73.6 Å². The van der Waals surface area contributed by atoms with Gasteiger partial charge in [0.1, 0.15) is 4.33 Å². The first-order valence-electron chi connectivity index (χ1n) is 7.92. The SMILES string of the molecule is O=C(Nc1ccc(Cl)cc1)C1[C@@H]2CC[C@@H]3[C@H](CC[C@@H]12)C3(Cl)Cl. The fourth-order valence-corrected chi connectivity index (χ4v) is 5.42. The number of nitrogens with one attached hydrogen (secondary N) is 1. The largest absolute Gasteiger partial charge is 0.326 e. The molecule has 5 heteroatoms. The Morgan fingerprint density at radius 3 is 2.09 bits per heavy atom. The molecule has 1 N–H and O–H groups in total. The first-order valence-corrected chi connectivity index (χ1v) is 9.06. The Morgan fingerprint density at radius 2 is 1.55 bits per heavy atom. The van der Waals surface area contributed by atoms with E-state index in [9.17, 15) is 4.79 Å². The van der Waals surface area contributed by atoms with Gasteiger partial charge in [0.15, 0.2) is 0 Å². The zero-order valence-corrected chi connectivity index (χ0v) is 14.3. The number of carbonyl (C=O) groups excluding carboxylic acids is 1. The molecule has 0 radical (unpaired) electrons. The fourth-order valence-electron chi connectivity index (χ4n) is 4.37. The lowest BCUT2D eigenvalue weighted by atomic mass is 10.0. The molecule has 0 saturated heterocycles. The van der Waals surface area contributed by atoms with Crippen LogP contribution in [-0.4, -0.2) is 10.2 Å². The molecule has 0 bridgehead atoms. The predicted octanol–water partition coefficient (Wildman–Crippen LogP) is 5.13. The summed E-state index contributed by atoms with van der Waals surface area (Å²) in [6.45, 7) is 0. The molecule has 1 unspecified atom stereocenters. The van der Waals surface area contributed by atoms with Crippen molar-refractivity contribution in [1.82, 2.24) is 0 Å². The Kier molecular flexibility index (Phi) is 3.63. The number of anilines is 1. The third kappa shape index (κ3) is 2.53. The van der Waals surface area contributed by atoms with Crippen molar-refractivity contribution in [1.29, 1.82) is 0 Å². The summed E-state index contributed by atoms with van der Waals surface area (Å²) in [5.41, 5.74) is 0.817. The van der Waals surface area contributed by atoms with Gasteiger partial charge in [-0.25, -0.2) is 0 Å². The van der Waals surface area contributed by atoms with Gasteiger partial charge in [0.05, 0.1) is 0 Å². The lowest BCUT2D eigenvalue weighted by Gasteiger charge is -2.05. The smallest absolute Gasteiger partial charge is 0.228 e. The van der Waals surface area contributed by atoms with Gasteiger partial charge in [0.2, 0.25) is 5.91 Å². The van der Waals surface area contributed by atoms with Gasteiger partial charge in [-0.2, -0.15) is 0 Å². The highest BCUT2D eigenvalue weighted by atomic mass is 35.5. The zero-order valence-electron chi connectivity index (χ0n) is 12.1. The molecule has 3 fully saturated rings. The molecule has 3 saturated carbocycles. The average molecular weight is 359 g/mol. The van der Waals surface area contributed by atoms with E-state index in [2.05, 4.69) is 5.32 Å². The Hall–Kier alpha value is -0.440. The maximum atomic E-state index is 12.5. The molecule has 118 valence electrons. The van der Waals surface area contributed by atoms with Crippen LogP contribution in [0.15, 0.2) is 24.3 Å². The molecular formula is C17H18Cl3NO. The van der Waals surface area contributed by atoms with Crippen LogP contribution < -0.4 is 5.32 Å². The third-order valence-electron chi connectivity index (χ3n) is 5.73. The van der Waals surface area contributed by atoms with E-state index >= 15 is 0 Å². The van der Waals surface area contributed by atoms with E-state index in [1.807, 2.05) is 12.1 Å². The topological polar surface area (TPSA) is 29.1 Å². The fraction of sp³-hybridized carbons (Fsp3) is 0.588. The second kappa shape index (κ2) is 5.29. The monoisotopic (exact) mass is 357 g/mol. The molecule has 5 atom stereocenters. The van der Waals surface area contributed by atoms with Crippen LogP contribution in [0.4, 0.5) is 5.69 Å². The summed E-state index contributed by atoms with van der Waals surface area (Å²) in [4.78, 5) is 12.5. The molecule has 0 aromatic heterocycles. The maximum Gasteiger partial charge on any atom is 0.228 e. The van der Waals surface area contributed by atoms with Crippen LogP contribution in [0.3, 0.4) is 0 Å². The normalized spacial score (nSPS) is 38.0. The van der Waals surface area contributed by atoms with Crippen LogP contribution in [0, 0.1) is 29.6 Å². The first kappa shape index (κ1) is 15.1. The van der Waals surface area contributed by atoms with E-state index in [4.69, 9.17) is 34.8 Å². The van der Waals surface area contributed by atoms with E-state index in [1.54, 1.807) is 12.1 Å². The summed E-state index contributed by atoms with van der Waals surface area (Å²) in [6.07, 6.45) is 4.27. The minimum atomic E-state index is -0.488. The maximum absolute atomic E-state index is 12.5. The number of benzene rings is 1. The highest BCUT2D eigenvalue weighted by Crippen LogP contribution is 2.67. The van der Waals surface area contributed by atoms with E-state index in [0.717, 1.165) is 31.4 Å². The van der Waals surface area contributed by atoms with Crippen molar-refractivity contribution in [2.75, 3.05) is 5.32 Å². The molecule has 22 heavy (non-hydrogen) atoms. The molecule has 0 spiro atoms. The molecule has 0 aliphatic heterocycles. The predicted molar refractivity (Wildman–Crippen MR) is 90.4 cm³/mol. The highest BCUT2D eigenvalue weighted by Gasteiger charge is 2.65. The molecule has 2 nitrogen and oxygen atoms in total. The van der Waals surface area contributed by atoms with Crippen molar-refractivity contribution >= 4 is 46.4 Å². The minimum absolute atomic E-state index is 0.149. The van der Waals surface area contributed by atoms with Crippen molar-refractivity contribution in [2.45, 2.75) is 30.0 Å². The summed E-state index contributed by atoms with van der Waals surface area (Å²) in [7, 11) is 0. The number of amides is 1. The second-order valence-electron chi connectivity index (χ2n) is 6.89. The summed E-state index contributed by atoms with van der Waals surface area (Å²) in [6, 6.07) is 7.27. The number of hydrogen-bond acceptors (Lipinski definition) is 1. The summed E-state index contributed by atoms with van der Waals surface area (Å²) in [5.74, 6) is 2.22. The summed E-state index contributed by atoms with van der Waals surface area (Å²) < 4.78 is -0.488. The summed E-state index contributed by atoms with van der Waals surface area (Å²) in [5, 5.41) is 3.69. The van der Waals surface area contributed by atoms with Crippen molar-refractivity contribution in [3.63, 3.8) is 0 Å². The molecule has 1 aromatic carbocycles. The van der Waals surface area contributed by atoms with Gasteiger partial charge >= 0.3 is 0 Å². The van der Waals surface area contributed by atoms with Crippen LogP contribution >= 0.6 is 34.8 Å². The Morgan fingerprint density at radius 1 is 1.00 bits per heavy atom. The zero-order chi connectivity index (χ0) is 15.5. The van der Waals surface area contributed by atoms with E-state index in [1.165, 1.54) is 0 Å². The molecule has 4 rings (SSSR count). The molecule has 1 amide bonds. The van der Waals surface area contributed by atoms with Gasteiger partial charge in [-0.15, -0.1) is 23.2 Å². The first-order chi connectivity index (χ1) is 10.5. The molecule has 1 aromatic rings. The summed E-state index contributed by atoms with van der Waals surface area (Å²) >= 11 is 18.5. The molecule has 3 aliphatic rings. The van der Waals surface area contributed by atoms with Gasteiger partial charge < -0.3 is 5.32 Å². The van der Waals surface area contributed by atoms with Crippen LogP contribution in [0.2, 0.25) is 5.02 Å². The average Bonchev–Trinajstić information content (AvgIpc) is 3.26. The van der Waals surface area contributed by atoms with Crippen LogP contribution in [-0.2, 0) is 4.79 Å².